The lowest BCUT2D eigenvalue weighted by molar-refractivity contribution is -0.118. The molecule has 1 amide bonds. The first-order chi connectivity index (χ1) is 13.6. The smallest absolute Gasteiger partial charge is 0.250 e. The van der Waals surface area contributed by atoms with Crippen molar-refractivity contribution in [1.29, 1.82) is 0 Å². The maximum atomic E-state index is 12.1. The van der Waals surface area contributed by atoms with E-state index in [-0.39, 0.29) is 17.4 Å². The molecule has 0 atom stereocenters. The maximum Gasteiger partial charge on any atom is 0.250 e. The Labute approximate surface area is 177 Å². The molecule has 3 aromatic carbocycles. The fraction of sp³-hybridized carbons (Fsp3) is 0.0500. The summed E-state index contributed by atoms with van der Waals surface area (Å²) in [5.41, 5.74) is 4.00. The quantitative estimate of drug-likeness (QED) is 0.239. The van der Waals surface area contributed by atoms with Crippen molar-refractivity contribution in [2.45, 2.75) is 4.34 Å². The fourth-order valence-electron chi connectivity index (χ4n) is 2.69. The van der Waals surface area contributed by atoms with E-state index in [0.29, 0.717) is 5.56 Å². The monoisotopic (exact) mass is 471 g/mol. The normalized spacial score (nSPS) is 11.5. The Morgan fingerprint density at radius 1 is 1.25 bits per heavy atom. The second kappa shape index (κ2) is 8.30. The van der Waals surface area contributed by atoms with Crippen LogP contribution in [-0.2, 0) is 4.79 Å². The lowest BCUT2D eigenvalue weighted by Crippen LogP contribution is -2.19. The predicted molar refractivity (Wildman–Crippen MR) is 119 cm³/mol. The number of benzene rings is 3. The van der Waals surface area contributed by atoms with Gasteiger partial charge in [-0.2, -0.15) is 5.10 Å². The molecule has 140 valence electrons. The van der Waals surface area contributed by atoms with Gasteiger partial charge in [0.15, 0.2) is 4.34 Å². The van der Waals surface area contributed by atoms with Gasteiger partial charge in [0.05, 0.1) is 22.2 Å². The average Bonchev–Trinajstić information content (AvgIpc) is 3.11. The number of carbonyl (C=O) groups is 1. The summed E-state index contributed by atoms with van der Waals surface area (Å²) in [6.45, 7) is 0. The summed E-state index contributed by atoms with van der Waals surface area (Å²) in [4.78, 5) is 16.6. The zero-order chi connectivity index (χ0) is 19.5. The van der Waals surface area contributed by atoms with Crippen molar-refractivity contribution in [1.82, 2.24) is 10.4 Å². The molecule has 1 heterocycles. The highest BCUT2D eigenvalue weighted by Gasteiger charge is 2.08. The van der Waals surface area contributed by atoms with Crippen molar-refractivity contribution < 1.29 is 9.90 Å². The Morgan fingerprint density at radius 2 is 2.11 bits per heavy atom. The topological polar surface area (TPSA) is 74.6 Å². The molecule has 0 aliphatic carbocycles. The molecule has 0 unspecified atom stereocenters. The number of thioether (sulfide) groups is 1. The van der Waals surface area contributed by atoms with Gasteiger partial charge in [0.2, 0.25) is 0 Å². The number of phenolic OH excluding ortho intramolecular Hbond substituents is 1. The largest absolute Gasteiger partial charge is 0.507 e. The molecular formula is C20H14BrN3O2S2. The number of aromatic nitrogens is 1. The van der Waals surface area contributed by atoms with E-state index >= 15 is 0 Å². The van der Waals surface area contributed by atoms with Gasteiger partial charge in [-0.15, -0.1) is 11.3 Å². The summed E-state index contributed by atoms with van der Waals surface area (Å²) >= 11 is 6.37. The van der Waals surface area contributed by atoms with E-state index in [1.165, 1.54) is 18.0 Å². The van der Waals surface area contributed by atoms with Crippen LogP contribution in [0.25, 0.3) is 21.0 Å². The minimum absolute atomic E-state index is 0.108. The van der Waals surface area contributed by atoms with E-state index in [1.807, 2.05) is 48.5 Å². The third-order valence-electron chi connectivity index (χ3n) is 3.98. The number of hydrogen-bond donors (Lipinski definition) is 2. The van der Waals surface area contributed by atoms with Gasteiger partial charge in [-0.3, -0.25) is 4.79 Å². The molecule has 0 aliphatic rings. The summed E-state index contributed by atoms with van der Waals surface area (Å²) in [7, 11) is 0. The Kier molecular flexibility index (Phi) is 5.61. The molecule has 4 aromatic rings. The van der Waals surface area contributed by atoms with E-state index in [2.05, 4.69) is 31.4 Å². The van der Waals surface area contributed by atoms with Crippen LogP contribution in [0.3, 0.4) is 0 Å². The fourth-order valence-corrected chi connectivity index (χ4v) is 4.93. The Balaban J connectivity index is 1.41. The van der Waals surface area contributed by atoms with E-state index in [1.54, 1.807) is 17.4 Å². The highest BCUT2D eigenvalue weighted by molar-refractivity contribution is 9.10. The number of aromatic hydroxyl groups is 1. The molecule has 4 rings (SSSR count). The SMILES string of the molecule is O=C(CSc1nc2ccccc2s1)N/N=C/c1c(O)ccc2cc(Br)ccc12. The van der Waals surface area contributed by atoms with Crippen LogP contribution in [0.2, 0.25) is 0 Å². The van der Waals surface area contributed by atoms with Crippen LogP contribution >= 0.6 is 39.0 Å². The lowest BCUT2D eigenvalue weighted by Gasteiger charge is -2.05. The van der Waals surface area contributed by atoms with E-state index in [0.717, 1.165) is 29.8 Å². The molecule has 1 aromatic heterocycles. The van der Waals surface area contributed by atoms with Crippen LogP contribution < -0.4 is 5.43 Å². The van der Waals surface area contributed by atoms with Crippen molar-refractivity contribution in [3.05, 3.63) is 64.6 Å². The summed E-state index contributed by atoms with van der Waals surface area (Å²) in [5.74, 6) is 0.0886. The third-order valence-corrected chi connectivity index (χ3v) is 6.66. The molecule has 0 saturated carbocycles. The second-order valence-corrected chi connectivity index (χ2v) is 9.06. The first-order valence-electron chi connectivity index (χ1n) is 8.32. The summed E-state index contributed by atoms with van der Waals surface area (Å²) < 4.78 is 2.90. The number of nitrogens with zero attached hydrogens (tertiary/aromatic N) is 2. The van der Waals surface area contributed by atoms with Gasteiger partial charge in [-0.05, 0) is 41.1 Å². The zero-order valence-corrected chi connectivity index (χ0v) is 17.6. The molecule has 2 N–H and O–H groups in total. The number of hydrogen-bond acceptors (Lipinski definition) is 6. The van der Waals surface area contributed by atoms with Crippen LogP contribution in [-0.4, -0.2) is 28.0 Å². The van der Waals surface area contributed by atoms with E-state index in [9.17, 15) is 9.90 Å². The van der Waals surface area contributed by atoms with Crippen LogP contribution in [0.5, 0.6) is 5.75 Å². The average molecular weight is 472 g/mol. The maximum absolute atomic E-state index is 12.1. The zero-order valence-electron chi connectivity index (χ0n) is 14.4. The minimum Gasteiger partial charge on any atom is -0.507 e. The van der Waals surface area contributed by atoms with Crippen molar-refractivity contribution in [3.8, 4) is 5.75 Å². The summed E-state index contributed by atoms with van der Waals surface area (Å²) in [5, 5.41) is 16.0. The van der Waals surface area contributed by atoms with Gasteiger partial charge < -0.3 is 5.11 Å². The molecular weight excluding hydrogens is 458 g/mol. The number of nitrogens with one attached hydrogen (secondary N) is 1. The Bertz CT molecular complexity index is 1170. The minimum atomic E-state index is -0.233. The standard InChI is InChI=1S/C20H14BrN3O2S2/c21-13-6-7-14-12(9-13)5-8-17(25)15(14)10-22-24-19(26)11-27-20-23-16-3-1-2-4-18(16)28-20/h1-10,25H,11H2,(H,24,26)/b22-10+. The molecule has 0 radical (unpaired) electrons. The molecule has 5 nitrogen and oxygen atoms in total. The molecule has 0 aliphatic heterocycles. The number of fused-ring (bicyclic) bond motifs is 2. The van der Waals surface area contributed by atoms with E-state index in [4.69, 9.17) is 0 Å². The number of amides is 1. The first-order valence-corrected chi connectivity index (χ1v) is 10.9. The van der Waals surface area contributed by atoms with Crippen LogP contribution in [0, 0.1) is 0 Å². The van der Waals surface area contributed by atoms with Crippen molar-refractivity contribution >= 4 is 72.1 Å². The number of carbonyl (C=O) groups excluding carboxylic acids is 1. The molecule has 28 heavy (non-hydrogen) atoms. The molecule has 8 heteroatoms. The predicted octanol–water partition coefficient (Wildman–Crippen LogP) is 5.16. The number of thiazole rings is 1. The van der Waals surface area contributed by atoms with Crippen molar-refractivity contribution in [2.75, 3.05) is 5.75 Å². The molecule has 0 fully saturated rings. The van der Waals surface area contributed by atoms with Gasteiger partial charge in [-0.25, -0.2) is 10.4 Å². The Hall–Kier alpha value is -2.42. The summed E-state index contributed by atoms with van der Waals surface area (Å²) in [6.07, 6.45) is 1.46. The molecule has 0 saturated heterocycles. The van der Waals surface area contributed by atoms with Gasteiger partial charge in [0.1, 0.15) is 5.75 Å². The second-order valence-electron chi connectivity index (χ2n) is 5.89. The van der Waals surface area contributed by atoms with Crippen LogP contribution in [0.4, 0.5) is 0 Å². The number of rotatable bonds is 5. The molecule has 0 spiro atoms. The number of halogens is 1. The van der Waals surface area contributed by atoms with Gasteiger partial charge in [-0.1, -0.05) is 52.0 Å². The van der Waals surface area contributed by atoms with Crippen LogP contribution in [0.1, 0.15) is 5.56 Å². The first kappa shape index (κ1) is 18.9. The molecule has 0 bridgehead atoms. The van der Waals surface area contributed by atoms with E-state index < -0.39 is 0 Å². The van der Waals surface area contributed by atoms with Gasteiger partial charge in [0, 0.05) is 10.0 Å². The van der Waals surface area contributed by atoms with Gasteiger partial charge >= 0.3 is 0 Å². The van der Waals surface area contributed by atoms with Gasteiger partial charge in [0.25, 0.3) is 5.91 Å². The highest BCUT2D eigenvalue weighted by Crippen LogP contribution is 2.29. The Morgan fingerprint density at radius 3 is 2.96 bits per heavy atom. The van der Waals surface area contributed by atoms with Crippen molar-refractivity contribution in [2.24, 2.45) is 5.10 Å². The number of para-hydroxylation sites is 1. The van der Waals surface area contributed by atoms with Crippen LogP contribution in [0.15, 0.2) is 68.5 Å². The third kappa shape index (κ3) is 4.19. The number of phenols is 1. The number of hydrazone groups is 1. The highest BCUT2D eigenvalue weighted by atomic mass is 79.9. The summed E-state index contributed by atoms with van der Waals surface area (Å²) in [6, 6.07) is 17.1. The van der Waals surface area contributed by atoms with Crippen molar-refractivity contribution in [3.63, 3.8) is 0 Å². The lowest BCUT2D eigenvalue weighted by atomic mass is 10.0.